The van der Waals surface area contributed by atoms with Crippen LogP contribution < -0.4 is 5.32 Å². The van der Waals surface area contributed by atoms with Crippen molar-refractivity contribution >= 4 is 17.4 Å². The summed E-state index contributed by atoms with van der Waals surface area (Å²) in [6.07, 6.45) is 2.24. The van der Waals surface area contributed by atoms with Crippen molar-refractivity contribution in [2.24, 2.45) is 0 Å². The van der Waals surface area contributed by atoms with Crippen molar-refractivity contribution in [2.75, 3.05) is 18.4 Å². The molecule has 2 aromatic rings. The highest BCUT2D eigenvalue weighted by atomic mass is 16.2. The van der Waals surface area contributed by atoms with Crippen LogP contribution in [0.15, 0.2) is 54.6 Å². The molecule has 1 N–H and O–H groups in total. The first-order valence-corrected chi connectivity index (χ1v) is 8.36. The lowest BCUT2D eigenvalue weighted by molar-refractivity contribution is -0.121. The summed E-state index contributed by atoms with van der Waals surface area (Å²) >= 11 is 0. The molecule has 1 heterocycles. The number of carbonyl (C=O) groups is 2. The summed E-state index contributed by atoms with van der Waals surface area (Å²) in [4.78, 5) is 26.7. The van der Waals surface area contributed by atoms with Crippen molar-refractivity contribution in [3.63, 3.8) is 0 Å². The van der Waals surface area contributed by atoms with E-state index in [0.717, 1.165) is 31.5 Å². The number of rotatable bonds is 5. The maximum absolute atomic E-state index is 12.9. The van der Waals surface area contributed by atoms with E-state index in [-0.39, 0.29) is 17.7 Å². The smallest absolute Gasteiger partial charge is 0.246 e. The summed E-state index contributed by atoms with van der Waals surface area (Å²) in [6, 6.07) is 16.7. The van der Waals surface area contributed by atoms with Gasteiger partial charge in [-0.25, -0.2) is 0 Å². The van der Waals surface area contributed by atoms with Gasteiger partial charge in [0, 0.05) is 11.3 Å². The highest BCUT2D eigenvalue weighted by Crippen LogP contribution is 2.26. The Kier molecular flexibility index (Phi) is 5.06. The molecule has 0 bridgehead atoms. The molecule has 2 aromatic carbocycles. The number of hydrogen-bond donors (Lipinski definition) is 1. The predicted octanol–water partition coefficient (Wildman–Crippen LogP) is 3.66. The Morgan fingerprint density at radius 1 is 1.00 bits per heavy atom. The van der Waals surface area contributed by atoms with Gasteiger partial charge < -0.3 is 5.32 Å². The number of Topliss-reactive ketones (excluding diaryl/α,β-unsaturated/α-hetero) is 1. The van der Waals surface area contributed by atoms with Crippen LogP contribution in [0.4, 0.5) is 5.69 Å². The lowest BCUT2D eigenvalue weighted by Crippen LogP contribution is -2.35. The number of amides is 1. The molecule has 124 valence electrons. The molecule has 0 radical (unpaired) electrons. The van der Waals surface area contributed by atoms with Crippen LogP contribution in [0, 0.1) is 0 Å². The van der Waals surface area contributed by atoms with Crippen LogP contribution in [0.3, 0.4) is 0 Å². The molecule has 1 aliphatic rings. The zero-order valence-corrected chi connectivity index (χ0v) is 13.9. The second kappa shape index (κ2) is 7.41. The van der Waals surface area contributed by atoms with Crippen LogP contribution in [0.2, 0.25) is 0 Å². The molecule has 1 atom stereocenters. The topological polar surface area (TPSA) is 49.4 Å². The van der Waals surface area contributed by atoms with Gasteiger partial charge in [-0.15, -0.1) is 0 Å². The van der Waals surface area contributed by atoms with E-state index in [0.29, 0.717) is 11.3 Å². The number of nitrogens with zero attached hydrogens (tertiary/aromatic N) is 1. The Bertz CT molecular complexity index is 721. The van der Waals surface area contributed by atoms with Crippen molar-refractivity contribution in [1.82, 2.24) is 4.90 Å². The van der Waals surface area contributed by atoms with Crippen LogP contribution in [-0.2, 0) is 4.79 Å². The van der Waals surface area contributed by atoms with Gasteiger partial charge in [-0.05, 0) is 50.6 Å². The van der Waals surface area contributed by atoms with Gasteiger partial charge in [0.05, 0.1) is 0 Å². The molecule has 24 heavy (non-hydrogen) atoms. The highest BCUT2D eigenvalue weighted by Gasteiger charge is 2.29. The van der Waals surface area contributed by atoms with Crippen molar-refractivity contribution in [3.8, 4) is 0 Å². The molecule has 0 spiro atoms. The van der Waals surface area contributed by atoms with Crippen molar-refractivity contribution in [2.45, 2.75) is 25.8 Å². The third kappa shape index (κ3) is 3.71. The summed E-state index contributed by atoms with van der Waals surface area (Å²) in [5.41, 5.74) is 2.26. The third-order valence-corrected chi connectivity index (χ3v) is 4.41. The second-order valence-corrected chi connectivity index (χ2v) is 6.18. The van der Waals surface area contributed by atoms with E-state index < -0.39 is 0 Å². The number of nitrogens with one attached hydrogen (secondary N) is 1. The van der Waals surface area contributed by atoms with Gasteiger partial charge in [0.15, 0.2) is 5.78 Å². The quantitative estimate of drug-likeness (QED) is 0.855. The monoisotopic (exact) mass is 322 g/mol. The molecule has 1 fully saturated rings. The maximum atomic E-state index is 12.9. The second-order valence-electron chi connectivity index (χ2n) is 6.18. The summed E-state index contributed by atoms with van der Waals surface area (Å²) in [5.74, 6) is -0.0611. The molecule has 0 saturated carbocycles. The molecule has 0 aliphatic carbocycles. The van der Waals surface area contributed by atoms with E-state index in [1.807, 2.05) is 36.4 Å². The largest absolute Gasteiger partial charge is 0.324 e. The molecule has 0 aromatic heterocycles. The number of likely N-dealkylation sites (tertiary alicyclic amines) is 1. The number of ketones is 1. The van der Waals surface area contributed by atoms with Crippen LogP contribution >= 0.6 is 0 Å². The molecule has 4 nitrogen and oxygen atoms in total. The molecule has 1 saturated heterocycles. The summed E-state index contributed by atoms with van der Waals surface area (Å²) in [6.45, 7) is 3.39. The lowest BCUT2D eigenvalue weighted by Gasteiger charge is -2.27. The zero-order chi connectivity index (χ0) is 16.9. The van der Waals surface area contributed by atoms with E-state index in [2.05, 4.69) is 10.2 Å². The Balaban J connectivity index is 1.84. The predicted molar refractivity (Wildman–Crippen MR) is 95.1 cm³/mol. The van der Waals surface area contributed by atoms with Crippen molar-refractivity contribution in [1.29, 1.82) is 0 Å². The number of benzene rings is 2. The van der Waals surface area contributed by atoms with Gasteiger partial charge in [-0.3, -0.25) is 14.5 Å². The van der Waals surface area contributed by atoms with E-state index in [1.54, 1.807) is 18.2 Å². The third-order valence-electron chi connectivity index (χ3n) is 4.41. The fourth-order valence-electron chi connectivity index (χ4n) is 3.19. The Labute approximate surface area is 142 Å². The fourth-order valence-corrected chi connectivity index (χ4v) is 3.19. The minimum absolute atomic E-state index is 0.00903. The Morgan fingerprint density at radius 2 is 1.71 bits per heavy atom. The number of carbonyl (C=O) groups excluding carboxylic acids is 2. The minimum Gasteiger partial charge on any atom is -0.324 e. The number of anilines is 1. The number of hydrogen-bond acceptors (Lipinski definition) is 3. The molecule has 1 aliphatic heterocycles. The van der Waals surface area contributed by atoms with Gasteiger partial charge >= 0.3 is 0 Å². The standard InChI is InChI=1S/C20H22N2O2/c1-15(23)17-10-7-11-18(14-17)21-20(24)19(22-12-5-6-13-22)16-8-3-2-4-9-16/h2-4,7-11,14,19H,5-6,12-13H2,1H3,(H,21,24)/t19-/m1/s1. The first kappa shape index (κ1) is 16.4. The molecule has 0 unspecified atom stereocenters. The first-order chi connectivity index (χ1) is 11.6. The molecule has 1 amide bonds. The average molecular weight is 322 g/mol. The van der Waals surface area contributed by atoms with E-state index in [1.165, 1.54) is 6.92 Å². The molecule has 3 rings (SSSR count). The zero-order valence-electron chi connectivity index (χ0n) is 13.9. The van der Waals surface area contributed by atoms with Crippen molar-refractivity contribution < 1.29 is 9.59 Å². The normalized spacial score (nSPS) is 15.9. The molecular weight excluding hydrogens is 300 g/mol. The van der Waals surface area contributed by atoms with Gasteiger partial charge in [0.2, 0.25) is 5.91 Å². The van der Waals surface area contributed by atoms with E-state index >= 15 is 0 Å². The Morgan fingerprint density at radius 3 is 2.38 bits per heavy atom. The Hall–Kier alpha value is -2.46. The van der Waals surface area contributed by atoms with E-state index in [4.69, 9.17) is 0 Å². The van der Waals surface area contributed by atoms with Crippen molar-refractivity contribution in [3.05, 3.63) is 65.7 Å². The highest BCUT2D eigenvalue weighted by molar-refractivity contribution is 5.98. The minimum atomic E-state index is -0.297. The lowest BCUT2D eigenvalue weighted by atomic mass is 10.0. The van der Waals surface area contributed by atoms with Gasteiger partial charge in [0.1, 0.15) is 6.04 Å². The average Bonchev–Trinajstić information content (AvgIpc) is 3.10. The van der Waals surface area contributed by atoms with Crippen LogP contribution in [-0.4, -0.2) is 29.7 Å². The van der Waals surface area contributed by atoms with Gasteiger partial charge in [-0.2, -0.15) is 0 Å². The van der Waals surface area contributed by atoms with E-state index in [9.17, 15) is 9.59 Å². The summed E-state index contributed by atoms with van der Waals surface area (Å²) in [5, 5.41) is 2.98. The van der Waals surface area contributed by atoms with Gasteiger partial charge in [-0.1, -0.05) is 42.5 Å². The van der Waals surface area contributed by atoms with Gasteiger partial charge in [0.25, 0.3) is 0 Å². The first-order valence-electron chi connectivity index (χ1n) is 8.36. The molecule has 4 heteroatoms. The van der Waals surface area contributed by atoms with Crippen LogP contribution in [0.1, 0.15) is 41.7 Å². The van der Waals surface area contributed by atoms with Crippen LogP contribution in [0.25, 0.3) is 0 Å². The summed E-state index contributed by atoms with van der Waals surface area (Å²) in [7, 11) is 0. The fraction of sp³-hybridized carbons (Fsp3) is 0.300. The summed E-state index contributed by atoms with van der Waals surface area (Å²) < 4.78 is 0. The maximum Gasteiger partial charge on any atom is 0.246 e. The van der Waals surface area contributed by atoms with Crippen LogP contribution in [0.5, 0.6) is 0 Å². The SMILES string of the molecule is CC(=O)c1cccc(NC(=O)[C@@H](c2ccccc2)N2CCCC2)c1. The molecular formula is C20H22N2O2.